The minimum Gasteiger partial charge on any atom is -0.325 e. The third kappa shape index (κ3) is 2.56. The fourth-order valence-corrected chi connectivity index (χ4v) is 2.64. The highest BCUT2D eigenvalue weighted by atomic mass is 35.5. The molecule has 1 aromatic carbocycles. The Hall–Kier alpha value is -1.61. The summed E-state index contributed by atoms with van der Waals surface area (Å²) in [4.78, 5) is 18.2. The number of carbonyl (C=O) groups excluding carboxylic acids is 1. The zero-order valence-corrected chi connectivity index (χ0v) is 11.4. The number of aliphatic imine (C=N–C) groups is 1. The summed E-state index contributed by atoms with van der Waals surface area (Å²) in [5, 5.41) is 0.701. The highest BCUT2D eigenvalue weighted by Crippen LogP contribution is 2.25. The lowest BCUT2D eigenvalue weighted by atomic mass is 10.2. The topological polar surface area (TPSA) is 32.7 Å². The lowest BCUT2D eigenvalue weighted by molar-refractivity contribution is -0.114. The van der Waals surface area contributed by atoms with E-state index >= 15 is 0 Å². The number of rotatable bonds is 1. The first-order chi connectivity index (χ1) is 9.24. The average Bonchev–Trinajstić information content (AvgIpc) is 2.58. The number of benzene rings is 1. The van der Waals surface area contributed by atoms with E-state index in [2.05, 4.69) is 9.89 Å². The van der Waals surface area contributed by atoms with Gasteiger partial charge in [-0.2, -0.15) is 4.99 Å². The molecule has 98 valence electrons. The number of halogens is 1. The van der Waals surface area contributed by atoms with E-state index in [0.29, 0.717) is 10.7 Å². The largest absolute Gasteiger partial charge is 0.325 e. The van der Waals surface area contributed by atoms with Gasteiger partial charge in [-0.25, -0.2) is 0 Å². The molecule has 2 heterocycles. The summed E-state index contributed by atoms with van der Waals surface area (Å²) in [5.41, 5.74) is 1.67. The van der Waals surface area contributed by atoms with Crippen LogP contribution in [0.25, 0.3) is 6.08 Å². The van der Waals surface area contributed by atoms with Crippen LogP contribution in [0.3, 0.4) is 0 Å². The van der Waals surface area contributed by atoms with Crippen LogP contribution >= 0.6 is 11.6 Å². The number of nitrogens with zero attached hydrogens (tertiary/aromatic N) is 2. The Labute approximate surface area is 117 Å². The van der Waals surface area contributed by atoms with E-state index in [9.17, 15) is 4.79 Å². The van der Waals surface area contributed by atoms with Crippen molar-refractivity contribution >= 4 is 29.4 Å². The molecule has 1 fully saturated rings. The fraction of sp³-hybridized carbons (Fsp3) is 0.333. The highest BCUT2D eigenvalue weighted by molar-refractivity contribution is 6.30. The van der Waals surface area contributed by atoms with Gasteiger partial charge in [-0.05, 0) is 36.6 Å². The molecule has 4 heteroatoms. The van der Waals surface area contributed by atoms with Gasteiger partial charge in [0.1, 0.15) is 11.5 Å². The summed E-state index contributed by atoms with van der Waals surface area (Å²) < 4.78 is 0. The minimum atomic E-state index is -0.119. The summed E-state index contributed by atoms with van der Waals surface area (Å²) in [6.07, 6.45) is 6.25. The molecule has 0 N–H and O–H groups in total. The van der Waals surface area contributed by atoms with E-state index in [0.717, 1.165) is 37.2 Å². The third-order valence-electron chi connectivity index (χ3n) is 3.51. The normalized spacial score (nSPS) is 21.3. The Bertz CT molecular complexity index is 560. The number of amides is 1. The fourth-order valence-electron chi connectivity index (χ4n) is 2.52. The van der Waals surface area contributed by atoms with Gasteiger partial charge in [0.25, 0.3) is 5.91 Å². The zero-order valence-electron chi connectivity index (χ0n) is 10.6. The number of hydrogen-bond donors (Lipinski definition) is 0. The maximum absolute atomic E-state index is 12.0. The summed E-state index contributed by atoms with van der Waals surface area (Å²) in [6, 6.07) is 7.49. The summed E-state index contributed by atoms with van der Waals surface area (Å²) in [7, 11) is 0. The molecule has 0 unspecified atom stereocenters. The quantitative estimate of drug-likeness (QED) is 0.734. The van der Waals surface area contributed by atoms with Crippen LogP contribution in [0.4, 0.5) is 0 Å². The van der Waals surface area contributed by atoms with Crippen LogP contribution in [0.15, 0.2) is 35.0 Å². The number of fused-ring (bicyclic) bond motifs is 1. The number of hydrogen-bond acceptors (Lipinski definition) is 2. The molecule has 2 aliphatic heterocycles. The molecule has 1 amide bonds. The minimum absolute atomic E-state index is 0.119. The van der Waals surface area contributed by atoms with Crippen molar-refractivity contribution in [2.24, 2.45) is 4.99 Å². The second-order valence-corrected chi connectivity index (χ2v) is 5.31. The van der Waals surface area contributed by atoms with Crippen molar-refractivity contribution in [1.29, 1.82) is 0 Å². The molecular weight excluding hydrogens is 260 g/mol. The Morgan fingerprint density at radius 3 is 2.74 bits per heavy atom. The van der Waals surface area contributed by atoms with Crippen LogP contribution in [-0.2, 0) is 4.79 Å². The molecule has 0 spiro atoms. The Balaban J connectivity index is 1.91. The van der Waals surface area contributed by atoms with Crippen LogP contribution in [0.5, 0.6) is 0 Å². The summed E-state index contributed by atoms with van der Waals surface area (Å²) >= 11 is 5.87. The van der Waals surface area contributed by atoms with Gasteiger partial charge in [0.2, 0.25) is 0 Å². The number of carbonyl (C=O) groups is 1. The van der Waals surface area contributed by atoms with Gasteiger partial charge in [-0.1, -0.05) is 30.2 Å². The molecule has 1 aromatic rings. The van der Waals surface area contributed by atoms with Gasteiger partial charge in [0, 0.05) is 18.0 Å². The van der Waals surface area contributed by atoms with Gasteiger partial charge in [-0.15, -0.1) is 0 Å². The van der Waals surface area contributed by atoms with E-state index in [1.807, 2.05) is 30.3 Å². The van der Waals surface area contributed by atoms with E-state index < -0.39 is 0 Å². The second kappa shape index (κ2) is 5.17. The first kappa shape index (κ1) is 12.4. The van der Waals surface area contributed by atoms with Crippen LogP contribution in [0.2, 0.25) is 5.02 Å². The predicted octanol–water partition coefficient (Wildman–Crippen LogP) is 3.50. The molecule has 0 aromatic heterocycles. The average molecular weight is 275 g/mol. The van der Waals surface area contributed by atoms with Crippen molar-refractivity contribution < 1.29 is 4.79 Å². The predicted molar refractivity (Wildman–Crippen MR) is 77.0 cm³/mol. The molecule has 2 aliphatic rings. The van der Waals surface area contributed by atoms with Crippen LogP contribution in [0, 0.1) is 0 Å². The van der Waals surface area contributed by atoms with Crippen LogP contribution in [0.1, 0.15) is 31.2 Å². The van der Waals surface area contributed by atoms with E-state index in [-0.39, 0.29) is 5.91 Å². The van der Waals surface area contributed by atoms with E-state index in [4.69, 9.17) is 11.6 Å². The number of amidine groups is 1. The Kier molecular flexibility index (Phi) is 3.38. The maximum atomic E-state index is 12.0. The SMILES string of the molecule is O=C1N=C2CCCCCN2C1=Cc1ccc(Cl)cc1. The molecule has 1 saturated heterocycles. The Morgan fingerprint density at radius 1 is 1.16 bits per heavy atom. The lowest BCUT2D eigenvalue weighted by Gasteiger charge is -2.18. The van der Waals surface area contributed by atoms with Gasteiger partial charge in [-0.3, -0.25) is 4.79 Å². The van der Waals surface area contributed by atoms with Crippen molar-refractivity contribution in [3.63, 3.8) is 0 Å². The van der Waals surface area contributed by atoms with Crippen molar-refractivity contribution in [3.05, 3.63) is 40.5 Å². The second-order valence-electron chi connectivity index (χ2n) is 4.88. The van der Waals surface area contributed by atoms with Gasteiger partial charge in [0.05, 0.1) is 0 Å². The van der Waals surface area contributed by atoms with Crippen LogP contribution < -0.4 is 0 Å². The van der Waals surface area contributed by atoms with E-state index in [1.54, 1.807) is 0 Å². The van der Waals surface area contributed by atoms with Crippen molar-refractivity contribution in [2.75, 3.05) is 6.54 Å². The highest BCUT2D eigenvalue weighted by Gasteiger charge is 2.29. The molecule has 3 rings (SSSR count). The van der Waals surface area contributed by atoms with Gasteiger partial charge < -0.3 is 4.90 Å². The maximum Gasteiger partial charge on any atom is 0.295 e. The van der Waals surface area contributed by atoms with Gasteiger partial charge in [0.15, 0.2) is 0 Å². The van der Waals surface area contributed by atoms with Crippen LogP contribution in [-0.4, -0.2) is 23.2 Å². The van der Waals surface area contributed by atoms with Crippen molar-refractivity contribution in [1.82, 2.24) is 4.90 Å². The standard InChI is InChI=1S/C15H15ClN2O/c16-12-7-5-11(6-8-12)10-13-15(19)17-14-4-2-1-3-9-18(13)14/h5-8,10H,1-4,9H2. The molecule has 0 bridgehead atoms. The molecule has 0 radical (unpaired) electrons. The molecule has 0 saturated carbocycles. The molecule has 19 heavy (non-hydrogen) atoms. The Morgan fingerprint density at radius 2 is 1.95 bits per heavy atom. The molecule has 3 nitrogen and oxygen atoms in total. The first-order valence-corrected chi connectivity index (χ1v) is 6.98. The smallest absolute Gasteiger partial charge is 0.295 e. The van der Waals surface area contributed by atoms with Crippen molar-refractivity contribution in [2.45, 2.75) is 25.7 Å². The first-order valence-electron chi connectivity index (χ1n) is 6.61. The van der Waals surface area contributed by atoms with E-state index in [1.165, 1.54) is 6.42 Å². The summed E-state index contributed by atoms with van der Waals surface area (Å²) in [5.74, 6) is 0.814. The molecular formula is C15H15ClN2O. The lowest BCUT2D eigenvalue weighted by Crippen LogP contribution is -2.26. The van der Waals surface area contributed by atoms with Gasteiger partial charge >= 0.3 is 0 Å². The molecule has 0 aliphatic carbocycles. The monoisotopic (exact) mass is 274 g/mol. The zero-order chi connectivity index (χ0) is 13.2. The van der Waals surface area contributed by atoms with Crippen molar-refractivity contribution in [3.8, 4) is 0 Å². The third-order valence-corrected chi connectivity index (χ3v) is 3.76. The summed E-state index contributed by atoms with van der Waals surface area (Å²) in [6.45, 7) is 0.893. The molecule has 0 atom stereocenters.